The average Bonchev–Trinajstić information content (AvgIpc) is 1.76. The molecule has 1 aromatic rings. The Morgan fingerprint density at radius 2 is 1.29 bits per heavy atom. The number of benzene rings is 1. The summed E-state index contributed by atoms with van der Waals surface area (Å²) < 4.78 is 53.3. The summed E-state index contributed by atoms with van der Waals surface area (Å²) >= 11 is 6.14. The standard InChI is InChI=1S/C71H106ClF3N12O14/c1-11-34-100-42-54-65(95)80(5)37-55(88)76-51(30-26-44-25-29-49(50(72)35-44)71(73,74)75)64(94)86-33-19-24-52(86)62(92)78-70(31-16-17-32-70)69(99)85(10)61(46-20-14-13-15-21-46)68(98)83(8)53(66(96)87-47-27-28-48(87)41-101-40-47)36-56(89)84(9)60(45-22-18-23-45)63(93)77-59(43(3)12-2)67(97)81(6)38-57(90)79(4)39-58(91)82(54)7/h25,29,35,43,45-48,51-54,59-61H,11-24,26-28,30-34,36-42H2,1-10H3,(H,76,88)(H,77,93)(H,78,92)/t43-,47?,48?,51-,52-,53-,54-,59-,60-,61-/m0/s1. The van der Waals surface area contributed by atoms with Crippen molar-refractivity contribution < 1.29 is 80.2 Å². The molecule has 4 heterocycles. The molecule has 30 heteroatoms. The van der Waals surface area contributed by atoms with Gasteiger partial charge in [0.15, 0.2) is 0 Å². The summed E-state index contributed by atoms with van der Waals surface area (Å²) in [5, 5.41) is 8.14. The molecule has 26 nitrogen and oxygen atoms in total. The maximum absolute atomic E-state index is 16.0. The second-order valence-electron chi connectivity index (χ2n) is 29.3. The number of rotatable bonds is 12. The molecule has 7 fully saturated rings. The molecule has 2 bridgehead atoms. The molecule has 1 spiro atoms. The van der Waals surface area contributed by atoms with Crippen molar-refractivity contribution >= 4 is 82.5 Å². The summed E-state index contributed by atoms with van der Waals surface area (Å²) in [6, 6.07) is -6.55. The second kappa shape index (κ2) is 34.9. The molecule has 12 amide bonds. The Hall–Kier alpha value is -7.14. The minimum atomic E-state index is -4.77. The maximum Gasteiger partial charge on any atom is 0.417 e. The number of amides is 12. The van der Waals surface area contributed by atoms with Crippen molar-refractivity contribution in [1.82, 2.24) is 60.0 Å². The van der Waals surface area contributed by atoms with Gasteiger partial charge >= 0.3 is 6.18 Å². The monoisotopic (exact) mass is 1440 g/mol. The van der Waals surface area contributed by atoms with Crippen molar-refractivity contribution in [3.05, 3.63) is 34.3 Å². The largest absolute Gasteiger partial charge is 0.417 e. The van der Waals surface area contributed by atoms with Crippen LogP contribution in [-0.4, -0.2) is 277 Å². The number of hydrogen-bond donors (Lipinski definition) is 3. The third-order valence-electron chi connectivity index (χ3n) is 22.3. The Labute approximate surface area is 596 Å². The smallest absolute Gasteiger partial charge is 0.379 e. The molecule has 101 heavy (non-hydrogen) atoms. The van der Waals surface area contributed by atoms with Crippen LogP contribution in [0.1, 0.15) is 160 Å². The molecule has 0 aromatic heterocycles. The summed E-state index contributed by atoms with van der Waals surface area (Å²) in [6.07, 6.45) is 3.63. The van der Waals surface area contributed by atoms with E-state index in [2.05, 4.69) is 16.0 Å². The van der Waals surface area contributed by atoms with E-state index in [1.54, 1.807) is 11.8 Å². The van der Waals surface area contributed by atoms with E-state index in [1.165, 1.54) is 75.0 Å². The van der Waals surface area contributed by atoms with Crippen molar-refractivity contribution in [3.8, 4) is 0 Å². The SMILES string of the molecule is CCCOC[C@H]1C(=O)N(C)CC(=O)N[C@@H](CCc2ccc(C(F)(F)F)c(Cl)c2)C(=O)N2CCC[C@H]2C(=O)NC2(CCCC2)C(=O)N(C)[C@@H](C2CCCCC2)C(=O)N(C)[C@H](C(=O)N2C3CCC2COC3)CC(=O)N(C)[C@@H](C2CCC2)C(=O)N[C@@H]([C@@H](C)CC)C(=O)N(C)CC(=O)N(C)CC(=O)N1C. The maximum atomic E-state index is 16.0. The van der Waals surface area contributed by atoms with Crippen LogP contribution in [0.4, 0.5) is 13.2 Å². The molecule has 4 saturated heterocycles. The van der Waals surface area contributed by atoms with Gasteiger partial charge in [0.2, 0.25) is 70.9 Å². The number of morpholine rings is 1. The van der Waals surface area contributed by atoms with Crippen LogP contribution in [0.5, 0.6) is 0 Å². The molecule has 3 saturated carbocycles. The second-order valence-corrected chi connectivity index (χ2v) is 29.7. The molecule has 3 N–H and O–H groups in total. The third kappa shape index (κ3) is 18.6. The summed E-state index contributed by atoms with van der Waals surface area (Å²) in [5.41, 5.74) is -2.39. The van der Waals surface area contributed by atoms with Crippen molar-refractivity contribution in [2.75, 3.05) is 102 Å². The highest BCUT2D eigenvalue weighted by molar-refractivity contribution is 6.31. The first-order valence-electron chi connectivity index (χ1n) is 36.2. The highest BCUT2D eigenvalue weighted by atomic mass is 35.5. The number of ether oxygens (including phenoxy) is 2. The van der Waals surface area contributed by atoms with Crippen LogP contribution in [0.3, 0.4) is 0 Å². The number of hydrogen-bond acceptors (Lipinski definition) is 14. The van der Waals surface area contributed by atoms with Gasteiger partial charge in [0.25, 0.3) is 0 Å². The highest BCUT2D eigenvalue weighted by Gasteiger charge is 2.53. The third-order valence-corrected chi connectivity index (χ3v) is 22.7. The van der Waals surface area contributed by atoms with Crippen molar-refractivity contribution in [2.45, 2.75) is 222 Å². The van der Waals surface area contributed by atoms with Crippen LogP contribution in [0, 0.1) is 17.8 Å². The van der Waals surface area contributed by atoms with Gasteiger partial charge in [-0.2, -0.15) is 13.2 Å². The summed E-state index contributed by atoms with van der Waals surface area (Å²) in [4.78, 5) is 191. The van der Waals surface area contributed by atoms with Gasteiger partial charge in [-0.3, -0.25) is 57.5 Å². The number of carbonyl (C=O) groups excluding carboxylic acids is 12. The molecule has 7 aliphatic rings. The quantitative estimate of drug-likeness (QED) is 0.250. The molecule has 8 rings (SSSR count). The number of carbonyl (C=O) groups is 12. The zero-order valence-electron chi connectivity index (χ0n) is 60.4. The zero-order valence-corrected chi connectivity index (χ0v) is 61.2. The lowest BCUT2D eigenvalue weighted by Gasteiger charge is -2.44. The average molecular weight is 1440 g/mol. The topological polar surface area (TPSA) is 289 Å². The van der Waals surface area contributed by atoms with E-state index in [-0.39, 0.29) is 88.6 Å². The van der Waals surface area contributed by atoms with Crippen molar-refractivity contribution in [3.63, 3.8) is 0 Å². The molecule has 4 aliphatic heterocycles. The molecule has 2 unspecified atom stereocenters. The number of alkyl halides is 3. The Morgan fingerprint density at radius 3 is 1.89 bits per heavy atom. The van der Waals surface area contributed by atoms with Gasteiger partial charge < -0.3 is 69.5 Å². The van der Waals surface area contributed by atoms with Crippen LogP contribution < -0.4 is 16.0 Å². The van der Waals surface area contributed by atoms with Gasteiger partial charge in [0, 0.05) is 62.5 Å². The predicted molar refractivity (Wildman–Crippen MR) is 365 cm³/mol. The van der Waals surface area contributed by atoms with Gasteiger partial charge in [-0.15, -0.1) is 0 Å². The van der Waals surface area contributed by atoms with E-state index in [4.69, 9.17) is 21.1 Å². The van der Waals surface area contributed by atoms with Gasteiger partial charge in [-0.05, 0) is 119 Å². The highest BCUT2D eigenvalue weighted by Crippen LogP contribution is 2.40. The Balaban J connectivity index is 1.17. The number of nitrogens with one attached hydrogen (secondary N) is 3. The van der Waals surface area contributed by atoms with E-state index in [0.717, 1.165) is 57.4 Å². The van der Waals surface area contributed by atoms with Crippen LogP contribution in [0.2, 0.25) is 5.02 Å². The molecule has 0 radical (unpaired) electrons. The van der Waals surface area contributed by atoms with E-state index >= 15 is 33.6 Å². The minimum absolute atomic E-state index is 0.0197. The van der Waals surface area contributed by atoms with Gasteiger partial charge in [-0.25, -0.2) is 0 Å². The lowest BCUT2D eigenvalue weighted by molar-refractivity contribution is -0.160. The molecule has 1 aromatic carbocycles. The van der Waals surface area contributed by atoms with Crippen LogP contribution in [-0.2, 0) is 79.6 Å². The number of halogens is 4. The minimum Gasteiger partial charge on any atom is -0.379 e. The molecule has 562 valence electrons. The fraction of sp³-hybridized carbons (Fsp3) is 0.746. The summed E-state index contributed by atoms with van der Waals surface area (Å²) in [5.74, 6) is -9.31. The Bertz CT molecular complexity index is 3190. The number of fused-ring (bicyclic) bond motifs is 3. The number of nitrogens with zero attached hydrogens (tertiary/aromatic N) is 9. The predicted octanol–water partition coefficient (Wildman–Crippen LogP) is 4.01. The Morgan fingerprint density at radius 1 is 0.663 bits per heavy atom. The zero-order chi connectivity index (χ0) is 73.9. The van der Waals surface area contributed by atoms with Gasteiger partial charge in [0.1, 0.15) is 47.8 Å². The van der Waals surface area contributed by atoms with Crippen molar-refractivity contribution in [2.24, 2.45) is 17.8 Å². The molecular weight excluding hydrogens is 1340 g/mol. The van der Waals surface area contributed by atoms with Crippen LogP contribution in [0.15, 0.2) is 18.2 Å². The molecule has 10 atom stereocenters. The van der Waals surface area contributed by atoms with E-state index in [9.17, 15) is 37.1 Å². The lowest BCUT2D eigenvalue weighted by Crippen LogP contribution is -2.65. The first-order chi connectivity index (χ1) is 47.8. The van der Waals surface area contributed by atoms with Crippen molar-refractivity contribution in [1.29, 1.82) is 0 Å². The summed E-state index contributed by atoms with van der Waals surface area (Å²) in [6.45, 7) is 3.95. The van der Waals surface area contributed by atoms with E-state index in [0.29, 0.717) is 70.6 Å². The number of aryl methyl sites for hydroxylation is 1. The molecule has 3 aliphatic carbocycles. The normalized spacial score (nSPS) is 28.4. The Kier molecular flexibility index (Phi) is 27.5. The fourth-order valence-corrected chi connectivity index (χ4v) is 16.1. The van der Waals surface area contributed by atoms with E-state index in [1.807, 2.05) is 13.8 Å². The van der Waals surface area contributed by atoms with Crippen LogP contribution >= 0.6 is 11.6 Å². The first-order valence-corrected chi connectivity index (χ1v) is 36.6. The summed E-state index contributed by atoms with van der Waals surface area (Å²) in [7, 11) is 9.79. The fourth-order valence-electron chi connectivity index (χ4n) is 15.8. The van der Waals surface area contributed by atoms with E-state index < -0.39 is 173 Å². The first kappa shape index (κ1) is 79.6. The van der Waals surface area contributed by atoms with Crippen LogP contribution in [0.25, 0.3) is 0 Å². The van der Waals surface area contributed by atoms with Gasteiger partial charge in [0.05, 0.1) is 68.5 Å². The van der Waals surface area contributed by atoms with Gasteiger partial charge in [-0.1, -0.05) is 83.4 Å². The molecular formula is C71H106ClF3N12O14. The lowest BCUT2D eigenvalue weighted by atomic mass is 9.78. The number of likely N-dealkylation sites (N-methyl/N-ethyl adjacent to an activating group) is 7.